The third-order valence-electron chi connectivity index (χ3n) is 18.1. The Morgan fingerprint density at radius 2 is 0.570 bits per heavy atom. The molecular formula is C89H68Br2N2. The molecule has 0 fully saturated rings. The van der Waals surface area contributed by atoms with Gasteiger partial charge in [0.1, 0.15) is 0 Å². The monoisotopic (exact) mass is 1320 g/mol. The molecule has 1 aliphatic carbocycles. The van der Waals surface area contributed by atoms with E-state index in [1.165, 1.54) is 123 Å². The Hall–Kier alpha value is -10.4. The van der Waals surface area contributed by atoms with Crippen LogP contribution >= 0.6 is 31.9 Å². The summed E-state index contributed by atoms with van der Waals surface area (Å²) in [4.78, 5) is 4.92. The van der Waals surface area contributed by atoms with Gasteiger partial charge in [-0.3, -0.25) is 0 Å². The van der Waals surface area contributed by atoms with E-state index in [1.807, 2.05) is 13.8 Å². The lowest BCUT2D eigenvalue weighted by atomic mass is 9.64. The fourth-order valence-electron chi connectivity index (χ4n) is 13.8. The van der Waals surface area contributed by atoms with Crippen molar-refractivity contribution in [2.45, 2.75) is 32.4 Å². The SMILES string of the molecule is Brc1ccccc1CN(c1ccc(-c2ccccc2-c2ccccc2)cc1)c1ccc(-c2ccccc2-c2ccccc2)cc1.Brc1ccccc1CN1c2ccc(-c3ccccc3)cc2C2(c3ccccc3-c3ccccc32)c2cc(-c3ccccc3)ccc21.CC. The molecule has 0 radical (unpaired) electrons. The molecule has 0 aromatic heterocycles. The van der Waals surface area contributed by atoms with Crippen molar-refractivity contribution < 1.29 is 0 Å². The molecule has 14 aromatic carbocycles. The van der Waals surface area contributed by atoms with E-state index >= 15 is 0 Å². The Morgan fingerprint density at radius 1 is 0.269 bits per heavy atom. The van der Waals surface area contributed by atoms with Crippen molar-refractivity contribution in [2.24, 2.45) is 0 Å². The highest BCUT2D eigenvalue weighted by Gasteiger charge is 2.51. The number of rotatable bonds is 12. The Morgan fingerprint density at radius 3 is 0.957 bits per heavy atom. The molecule has 0 saturated carbocycles. The van der Waals surface area contributed by atoms with Crippen LogP contribution in [0.2, 0.25) is 0 Å². The van der Waals surface area contributed by atoms with Gasteiger partial charge >= 0.3 is 0 Å². The number of anilines is 4. The van der Waals surface area contributed by atoms with Crippen LogP contribution in [0, 0.1) is 0 Å². The quantitative estimate of drug-likeness (QED) is 0.120. The van der Waals surface area contributed by atoms with Gasteiger partial charge in [-0.25, -0.2) is 0 Å². The van der Waals surface area contributed by atoms with Gasteiger partial charge in [0.15, 0.2) is 0 Å². The summed E-state index contributed by atoms with van der Waals surface area (Å²) in [7, 11) is 0. The molecule has 1 aliphatic heterocycles. The molecule has 93 heavy (non-hydrogen) atoms. The molecule has 0 saturated heterocycles. The summed E-state index contributed by atoms with van der Waals surface area (Å²) in [5.74, 6) is 0. The second kappa shape index (κ2) is 27.2. The van der Waals surface area contributed by atoms with Gasteiger partial charge in [0.2, 0.25) is 0 Å². The lowest BCUT2D eigenvalue weighted by Crippen LogP contribution is -2.37. The van der Waals surface area contributed by atoms with Gasteiger partial charge in [0.25, 0.3) is 0 Å². The lowest BCUT2D eigenvalue weighted by molar-refractivity contribution is 0.735. The molecule has 1 heterocycles. The smallest absolute Gasteiger partial charge is 0.0754 e. The van der Waals surface area contributed by atoms with Crippen molar-refractivity contribution in [2.75, 3.05) is 9.80 Å². The molecule has 0 atom stereocenters. The zero-order valence-corrected chi connectivity index (χ0v) is 55.2. The van der Waals surface area contributed by atoms with Gasteiger partial charge in [-0.05, 0) is 172 Å². The number of benzene rings is 14. The van der Waals surface area contributed by atoms with Crippen molar-refractivity contribution in [1.29, 1.82) is 0 Å². The van der Waals surface area contributed by atoms with Crippen LogP contribution in [0.1, 0.15) is 47.2 Å². The highest BCUT2D eigenvalue weighted by Crippen LogP contribution is 2.63. The van der Waals surface area contributed by atoms with Crippen molar-refractivity contribution in [3.63, 3.8) is 0 Å². The Balaban J connectivity index is 0.000000157. The number of fused-ring (bicyclic) bond motifs is 9. The van der Waals surface area contributed by atoms with Crippen LogP contribution in [0.5, 0.6) is 0 Å². The van der Waals surface area contributed by atoms with Crippen LogP contribution in [-0.2, 0) is 18.5 Å². The Labute approximate surface area is 564 Å². The van der Waals surface area contributed by atoms with Crippen LogP contribution in [0.4, 0.5) is 22.7 Å². The topological polar surface area (TPSA) is 6.48 Å². The van der Waals surface area contributed by atoms with Crippen molar-refractivity contribution in [3.8, 4) is 77.9 Å². The molecule has 2 aliphatic rings. The summed E-state index contributed by atoms with van der Waals surface area (Å²) in [6.45, 7) is 5.48. The maximum atomic E-state index is 3.86. The van der Waals surface area contributed by atoms with Gasteiger partial charge in [0.05, 0.1) is 5.41 Å². The molecule has 0 bridgehead atoms. The maximum Gasteiger partial charge on any atom is 0.0754 e. The number of hydrogen-bond donors (Lipinski definition) is 0. The molecule has 16 rings (SSSR count). The summed E-state index contributed by atoms with van der Waals surface area (Å²) >= 11 is 7.65. The Kier molecular flexibility index (Phi) is 17.6. The standard InChI is InChI=1S/C44H30BrN.C43H32BrN.C2H6/c45-41-22-12-7-17-34(41)29-46-42-25-23-32(30-13-3-1-4-14-30)27-39(42)44(37-20-10-8-18-35(37)36-19-9-11-21-38(36)44)40-28-33(24-26-43(40)46)31-15-5-2-6-16-31;44-43-22-12-7-17-36(43)31-45(37-27-23-34(24-28-37)41-20-10-8-18-39(41)32-13-3-1-4-14-32)38-29-25-35(26-30-38)42-21-11-9-19-40(42)33-15-5-2-6-16-33;1-2/h1-28H,29H2;1-30H,31H2;1-2H3. The van der Waals surface area contributed by atoms with Crippen LogP contribution in [-0.4, -0.2) is 0 Å². The zero-order chi connectivity index (χ0) is 63.1. The summed E-state index contributed by atoms with van der Waals surface area (Å²) in [6.07, 6.45) is 0. The first-order valence-electron chi connectivity index (χ1n) is 32.1. The predicted octanol–water partition coefficient (Wildman–Crippen LogP) is 25.3. The molecule has 448 valence electrons. The van der Waals surface area contributed by atoms with E-state index in [9.17, 15) is 0 Å². The van der Waals surface area contributed by atoms with E-state index in [-0.39, 0.29) is 0 Å². The van der Waals surface area contributed by atoms with E-state index < -0.39 is 5.41 Å². The molecule has 1 spiro atoms. The van der Waals surface area contributed by atoms with E-state index in [0.29, 0.717) is 0 Å². The predicted molar refractivity (Wildman–Crippen MR) is 401 cm³/mol. The molecule has 4 heteroatoms. The average Bonchev–Trinajstić information content (AvgIpc) is 1.59. The lowest BCUT2D eigenvalue weighted by Gasteiger charge is -2.45. The normalized spacial score (nSPS) is 12.0. The molecule has 0 amide bonds. The van der Waals surface area contributed by atoms with Gasteiger partial charge in [0, 0.05) is 44.8 Å². The van der Waals surface area contributed by atoms with E-state index in [2.05, 4.69) is 394 Å². The number of hydrogen-bond acceptors (Lipinski definition) is 2. The molecule has 14 aromatic rings. The molecule has 0 N–H and O–H groups in total. The third-order valence-corrected chi connectivity index (χ3v) is 19.7. The zero-order valence-electron chi connectivity index (χ0n) is 52.1. The van der Waals surface area contributed by atoms with Gasteiger partial charge < -0.3 is 9.80 Å². The first-order valence-corrected chi connectivity index (χ1v) is 33.7. The maximum absolute atomic E-state index is 3.86. The van der Waals surface area contributed by atoms with E-state index in [1.54, 1.807) is 0 Å². The first-order chi connectivity index (χ1) is 46.0. The fraction of sp³-hybridized carbons (Fsp3) is 0.0562. The van der Waals surface area contributed by atoms with Gasteiger partial charge in [-0.15, -0.1) is 0 Å². The van der Waals surface area contributed by atoms with Gasteiger partial charge in [-0.2, -0.15) is 0 Å². The van der Waals surface area contributed by atoms with Crippen LogP contribution in [0.3, 0.4) is 0 Å². The Bertz CT molecular complexity index is 4630. The molecular weight excluding hydrogens is 1260 g/mol. The van der Waals surface area contributed by atoms with E-state index in [4.69, 9.17) is 0 Å². The summed E-state index contributed by atoms with van der Waals surface area (Å²) in [5.41, 5.74) is 29.4. The summed E-state index contributed by atoms with van der Waals surface area (Å²) in [5, 5.41) is 0. The van der Waals surface area contributed by atoms with Crippen molar-refractivity contribution >= 4 is 54.6 Å². The molecule has 2 nitrogen and oxygen atoms in total. The third kappa shape index (κ3) is 11.8. The number of halogens is 2. The summed E-state index contributed by atoms with van der Waals surface area (Å²) < 4.78 is 2.23. The average molecular weight is 1330 g/mol. The first kappa shape index (κ1) is 60.2. The van der Waals surface area contributed by atoms with Crippen molar-refractivity contribution in [1.82, 2.24) is 0 Å². The minimum atomic E-state index is -0.488. The second-order valence-corrected chi connectivity index (χ2v) is 25.0. The second-order valence-electron chi connectivity index (χ2n) is 23.3. The number of nitrogens with zero attached hydrogens (tertiary/aromatic N) is 2. The minimum Gasteiger partial charge on any atom is -0.337 e. The minimum absolute atomic E-state index is 0.488. The van der Waals surface area contributed by atoms with E-state index in [0.717, 1.165) is 33.4 Å². The van der Waals surface area contributed by atoms with Crippen LogP contribution in [0.15, 0.2) is 361 Å². The summed E-state index contributed by atoms with van der Waals surface area (Å²) in [6, 6.07) is 127. The fourth-order valence-corrected chi connectivity index (χ4v) is 14.6. The highest BCUT2D eigenvalue weighted by atomic mass is 79.9. The highest BCUT2D eigenvalue weighted by molar-refractivity contribution is 9.10. The largest absolute Gasteiger partial charge is 0.337 e. The van der Waals surface area contributed by atoms with Crippen LogP contribution in [0.25, 0.3) is 77.9 Å². The van der Waals surface area contributed by atoms with Gasteiger partial charge in [-0.1, -0.05) is 337 Å². The van der Waals surface area contributed by atoms with Crippen LogP contribution < -0.4 is 9.80 Å². The van der Waals surface area contributed by atoms with Crippen molar-refractivity contribution in [3.05, 3.63) is 394 Å². The molecule has 0 unspecified atom stereocenters.